The Morgan fingerprint density at radius 2 is 1.74 bits per heavy atom. The van der Waals surface area contributed by atoms with Gasteiger partial charge in [-0.2, -0.15) is 0 Å². The Morgan fingerprint density at radius 3 is 2.48 bits per heavy atom. The van der Waals surface area contributed by atoms with Crippen LogP contribution in [0.25, 0.3) is 22.4 Å². The van der Waals surface area contributed by atoms with Crippen molar-refractivity contribution in [2.45, 2.75) is 115 Å². The second-order valence-corrected chi connectivity index (χ2v) is 18.3. The number of H-pyrrole nitrogens is 1. The molecule has 3 aliphatic carbocycles. The molecule has 10 heteroatoms. The van der Waals surface area contributed by atoms with Crippen LogP contribution in [0.2, 0.25) is 0 Å². The van der Waals surface area contributed by atoms with Gasteiger partial charge in [0.05, 0.1) is 29.4 Å². The molecule has 7 rings (SSSR count). The number of aromatic amines is 1. The number of aliphatic hydroxyl groups excluding tert-OH is 2. The van der Waals surface area contributed by atoms with Crippen molar-refractivity contribution in [3.05, 3.63) is 108 Å². The molecule has 4 aromatic rings. The molecule has 1 fully saturated rings. The number of phenols is 1. The third kappa shape index (κ3) is 10.6. The number of fused-ring (bicyclic) bond motifs is 1. The molecule has 2 heterocycles. The number of allylic oxidation sites excluding steroid dienone is 1. The molecular weight excluding hydrogens is 767 g/mol. The number of aliphatic hydroxyl groups is 3. The Labute approximate surface area is 360 Å². The number of anilines is 1. The molecule has 2 aromatic heterocycles. The molecule has 0 aliphatic heterocycles. The van der Waals surface area contributed by atoms with Crippen LogP contribution in [0, 0.1) is 41.4 Å². The first-order valence-electron chi connectivity index (χ1n) is 22.6. The van der Waals surface area contributed by atoms with Crippen molar-refractivity contribution in [1.29, 1.82) is 0 Å². The van der Waals surface area contributed by atoms with E-state index >= 15 is 0 Å². The fourth-order valence-corrected chi connectivity index (χ4v) is 10.9. The molecular formula is C51H64N3O7-. The van der Waals surface area contributed by atoms with E-state index in [9.17, 15) is 35.4 Å². The highest BCUT2D eigenvalue weighted by Gasteiger charge is 2.56. The Balaban J connectivity index is 1.07. The number of nitrogens with two attached hydrogens (primary N) is 1. The number of phenolic OH excluding ortho intramolecular Hbond substituents is 1. The summed E-state index contributed by atoms with van der Waals surface area (Å²) >= 11 is 0. The van der Waals surface area contributed by atoms with E-state index in [2.05, 4.69) is 35.1 Å². The molecule has 326 valence electrons. The fraction of sp³-hybridized carbons (Fsp3) is 0.490. The third-order valence-electron chi connectivity index (χ3n) is 14.0. The second kappa shape index (κ2) is 19.9. The summed E-state index contributed by atoms with van der Waals surface area (Å²) in [6.45, 7) is 2.20. The van der Waals surface area contributed by atoms with Crippen LogP contribution >= 0.6 is 0 Å². The van der Waals surface area contributed by atoms with Gasteiger partial charge in [0.15, 0.2) is 0 Å². The summed E-state index contributed by atoms with van der Waals surface area (Å²) in [7, 11) is 0. The second-order valence-electron chi connectivity index (χ2n) is 18.3. The van der Waals surface area contributed by atoms with Crippen LogP contribution in [0.3, 0.4) is 0 Å². The maximum Gasteiger partial charge on any atom is 0.309 e. The number of carbonyl (C=O) groups is 1. The number of benzene rings is 2. The minimum atomic E-state index is -1.25. The lowest BCUT2D eigenvalue weighted by Crippen LogP contribution is -2.48. The van der Waals surface area contributed by atoms with E-state index in [0.29, 0.717) is 55.1 Å². The van der Waals surface area contributed by atoms with E-state index < -0.39 is 29.5 Å². The zero-order valence-electron chi connectivity index (χ0n) is 35.4. The summed E-state index contributed by atoms with van der Waals surface area (Å²) in [6, 6.07) is 19.9. The van der Waals surface area contributed by atoms with E-state index in [0.717, 1.165) is 54.5 Å². The van der Waals surface area contributed by atoms with Gasteiger partial charge in [-0.15, -0.1) is 5.75 Å². The molecule has 0 amide bonds. The first kappa shape index (κ1) is 44.2. The van der Waals surface area contributed by atoms with Crippen LogP contribution in [0.1, 0.15) is 95.2 Å². The predicted octanol–water partition coefficient (Wildman–Crippen LogP) is 8.60. The quantitative estimate of drug-likeness (QED) is 0.0358. The number of aliphatic carboxylic acids is 1. The molecule has 10 atom stereocenters. The third-order valence-corrected chi connectivity index (χ3v) is 14.0. The summed E-state index contributed by atoms with van der Waals surface area (Å²) in [5.74, 6) is -2.46. The number of aromatic nitrogens is 2. The molecule has 0 radical (unpaired) electrons. The normalized spacial score (nSPS) is 26.9. The minimum absolute atomic E-state index is 0.0444. The van der Waals surface area contributed by atoms with Crippen molar-refractivity contribution >= 4 is 11.8 Å². The summed E-state index contributed by atoms with van der Waals surface area (Å²) in [6.07, 6.45) is 19.7. The molecule has 10 unspecified atom stereocenters. The van der Waals surface area contributed by atoms with Crippen molar-refractivity contribution in [3.63, 3.8) is 0 Å². The number of pyridine rings is 1. The number of hydrogen-bond acceptors (Lipinski definition) is 8. The summed E-state index contributed by atoms with van der Waals surface area (Å²) in [5, 5.41) is 68.9. The number of unbranched alkanes of at least 4 members (excludes halogenated alkanes) is 4. The number of nitrogens with zero attached hydrogens (tertiary/aromatic N) is 1. The predicted molar refractivity (Wildman–Crippen MR) is 237 cm³/mol. The van der Waals surface area contributed by atoms with E-state index in [1.165, 1.54) is 31.4 Å². The van der Waals surface area contributed by atoms with Gasteiger partial charge in [-0.25, -0.2) is 4.98 Å². The lowest BCUT2D eigenvalue weighted by atomic mass is 9.68. The molecule has 1 saturated carbocycles. The van der Waals surface area contributed by atoms with Crippen LogP contribution in [-0.4, -0.2) is 59.3 Å². The van der Waals surface area contributed by atoms with Gasteiger partial charge >= 0.3 is 5.97 Å². The van der Waals surface area contributed by atoms with Gasteiger partial charge in [0.2, 0.25) is 0 Å². The first-order valence-corrected chi connectivity index (χ1v) is 22.6. The van der Waals surface area contributed by atoms with Crippen molar-refractivity contribution in [1.82, 2.24) is 9.97 Å². The smallest absolute Gasteiger partial charge is 0.309 e. The summed E-state index contributed by atoms with van der Waals surface area (Å²) < 4.78 is 0. The lowest BCUT2D eigenvalue weighted by Gasteiger charge is -2.42. The SMILES string of the molecule is CCCCCC1C=CC(CCCCCC(C(=O)O)C(O)C2C=CC3C(Cc4ccnc(N)c4)CC(Cc4cc(-c5ccccc5)c(-c5cc([O-])cc(O)c5)[nH]4)C3(O)C2)C(O)C1. The number of nitrogens with one attached hydrogen (secondary N) is 1. The molecule has 0 saturated heterocycles. The van der Waals surface area contributed by atoms with Crippen LogP contribution in [0.5, 0.6) is 11.5 Å². The van der Waals surface area contributed by atoms with Crippen LogP contribution in [0.15, 0.2) is 97.2 Å². The zero-order chi connectivity index (χ0) is 43.1. The summed E-state index contributed by atoms with van der Waals surface area (Å²) in [5.41, 5.74) is 9.75. The number of aromatic hydroxyl groups is 1. The highest BCUT2D eigenvalue weighted by Crippen LogP contribution is 2.54. The van der Waals surface area contributed by atoms with E-state index in [4.69, 9.17) is 5.73 Å². The van der Waals surface area contributed by atoms with Crippen molar-refractivity contribution < 1.29 is 35.4 Å². The number of carboxylic acid groups (broad SMARTS) is 1. The molecule has 61 heavy (non-hydrogen) atoms. The Morgan fingerprint density at radius 1 is 0.934 bits per heavy atom. The largest absolute Gasteiger partial charge is 0.872 e. The van der Waals surface area contributed by atoms with Gasteiger partial charge in [0.25, 0.3) is 0 Å². The number of carboxylic acids is 1. The van der Waals surface area contributed by atoms with Gasteiger partial charge in [0, 0.05) is 40.8 Å². The Kier molecular flexibility index (Phi) is 14.4. The topological polar surface area (TPSA) is 196 Å². The maximum absolute atomic E-state index is 13.0. The first-order chi connectivity index (χ1) is 29.4. The Hall–Kier alpha value is -4.90. The van der Waals surface area contributed by atoms with E-state index in [1.54, 1.807) is 12.3 Å². The highest BCUT2D eigenvalue weighted by atomic mass is 16.4. The van der Waals surface area contributed by atoms with Gasteiger partial charge in [-0.1, -0.05) is 106 Å². The minimum Gasteiger partial charge on any atom is -0.872 e. The van der Waals surface area contributed by atoms with Gasteiger partial charge < -0.3 is 41.4 Å². The summed E-state index contributed by atoms with van der Waals surface area (Å²) in [4.78, 5) is 20.4. The maximum atomic E-state index is 13.0. The average molecular weight is 831 g/mol. The fourth-order valence-electron chi connectivity index (χ4n) is 10.9. The van der Waals surface area contributed by atoms with E-state index in [-0.39, 0.29) is 47.7 Å². The van der Waals surface area contributed by atoms with Gasteiger partial charge in [-0.05, 0) is 111 Å². The van der Waals surface area contributed by atoms with Crippen molar-refractivity contribution in [3.8, 4) is 33.9 Å². The number of nitrogen functional groups attached to an aromatic ring is 1. The lowest BCUT2D eigenvalue weighted by molar-refractivity contribution is -0.268. The van der Waals surface area contributed by atoms with Crippen LogP contribution in [-0.2, 0) is 17.6 Å². The monoisotopic (exact) mass is 830 g/mol. The Bertz CT molecular complexity index is 2110. The average Bonchev–Trinajstić information content (AvgIpc) is 3.77. The molecule has 8 N–H and O–H groups in total. The standard InChI is InChI=1S/C51H65N3O7/c1-2-3-6-11-32-16-17-35(46(57)23-32)14-9-5-10-15-43(50(59)60)49(58)36-18-19-45-37(22-33-20-21-53-47(52)24-33)25-39(51(45,61)31-36)28-40-29-44(34-12-7-4-8-13-34)48(54-40)38-26-41(55)30-42(56)27-38/h4,7-8,12-13,16-21,24,26-27,29-30,32,35-37,39,43,45-46,49,54-58,61H,2-3,5-6,9-11,14-15,22-23,25,28,31H2,1H3,(H2,52,53)(H,59,60)/p-1. The van der Waals surface area contributed by atoms with Gasteiger partial charge in [-0.3, -0.25) is 4.79 Å². The number of hydrogen-bond donors (Lipinski definition) is 7. The highest BCUT2D eigenvalue weighted by molar-refractivity contribution is 5.83. The van der Waals surface area contributed by atoms with Crippen molar-refractivity contribution in [2.24, 2.45) is 41.4 Å². The zero-order valence-corrected chi connectivity index (χ0v) is 35.4. The molecule has 10 nitrogen and oxygen atoms in total. The van der Waals surface area contributed by atoms with Gasteiger partial charge in [0.1, 0.15) is 11.6 Å². The van der Waals surface area contributed by atoms with Crippen LogP contribution < -0.4 is 10.8 Å². The molecule has 0 spiro atoms. The van der Waals surface area contributed by atoms with E-state index in [1.807, 2.05) is 54.6 Å². The van der Waals surface area contributed by atoms with Crippen molar-refractivity contribution in [2.75, 3.05) is 5.73 Å². The number of rotatable bonds is 19. The molecule has 3 aliphatic rings. The van der Waals surface area contributed by atoms with Crippen LogP contribution in [0.4, 0.5) is 5.82 Å². The molecule has 2 aromatic carbocycles. The molecule has 0 bridgehead atoms.